The van der Waals surface area contributed by atoms with Crippen molar-refractivity contribution in [1.29, 1.82) is 0 Å². The van der Waals surface area contributed by atoms with E-state index in [2.05, 4.69) is 14.9 Å². The lowest BCUT2D eigenvalue weighted by atomic mass is 9.71. The second-order valence-corrected chi connectivity index (χ2v) is 8.66. The minimum atomic E-state index is -0.391. The Labute approximate surface area is 169 Å². The summed E-state index contributed by atoms with van der Waals surface area (Å²) in [5.74, 6) is 2.79. The molecule has 1 spiro atoms. The van der Waals surface area contributed by atoms with Gasteiger partial charge < -0.3 is 19.3 Å². The van der Waals surface area contributed by atoms with Gasteiger partial charge in [0.05, 0.1) is 18.1 Å². The highest BCUT2D eigenvalue weighted by molar-refractivity contribution is 7.97. The third kappa shape index (κ3) is 4.03. The number of piperidine rings is 2. The molecule has 0 aromatic carbocycles. The van der Waals surface area contributed by atoms with Gasteiger partial charge in [0.1, 0.15) is 11.6 Å². The fourth-order valence-corrected chi connectivity index (χ4v) is 4.84. The van der Waals surface area contributed by atoms with Gasteiger partial charge in [-0.1, -0.05) is 0 Å². The van der Waals surface area contributed by atoms with Crippen LogP contribution in [0.2, 0.25) is 0 Å². The average Bonchev–Trinajstić information content (AvgIpc) is 3.17. The molecule has 0 aliphatic carbocycles. The van der Waals surface area contributed by atoms with Gasteiger partial charge in [0.15, 0.2) is 5.76 Å². The number of carbonyl (C=O) groups excluding carboxylic acids is 1. The standard InChI is InChI=1S/C20H26N4O3S/c1-28-13-16-2-3-17(27-16)19(26)23-8-4-20(5-9-23)10-15(25)12-24(14-20)18-11-21-6-7-22-18/h2-3,6-7,11,15,25H,4-5,8-10,12-14H2,1H3. The van der Waals surface area contributed by atoms with Gasteiger partial charge in [-0.05, 0) is 43.1 Å². The highest BCUT2D eigenvalue weighted by Gasteiger charge is 2.43. The number of aromatic nitrogens is 2. The Hall–Kier alpha value is -2.06. The Kier molecular flexibility index (Phi) is 5.59. The number of hydrogen-bond donors (Lipinski definition) is 1. The quantitative estimate of drug-likeness (QED) is 0.841. The maximum Gasteiger partial charge on any atom is 0.289 e. The van der Waals surface area contributed by atoms with E-state index < -0.39 is 6.10 Å². The van der Waals surface area contributed by atoms with Gasteiger partial charge in [-0.25, -0.2) is 4.98 Å². The second kappa shape index (κ2) is 8.13. The van der Waals surface area contributed by atoms with Crippen molar-refractivity contribution in [2.75, 3.05) is 37.3 Å². The van der Waals surface area contributed by atoms with Crippen molar-refractivity contribution in [3.8, 4) is 0 Å². The first-order valence-corrected chi connectivity index (χ1v) is 11.0. The molecule has 1 unspecified atom stereocenters. The maximum absolute atomic E-state index is 12.8. The molecule has 0 radical (unpaired) electrons. The molecule has 0 saturated carbocycles. The SMILES string of the molecule is CSCc1ccc(C(=O)N2CCC3(CC2)CC(O)CN(c2cnccn2)C3)o1. The van der Waals surface area contributed by atoms with E-state index in [1.807, 2.05) is 17.2 Å². The van der Waals surface area contributed by atoms with Gasteiger partial charge in [0.2, 0.25) is 0 Å². The number of thioether (sulfide) groups is 1. The van der Waals surface area contributed by atoms with Crippen molar-refractivity contribution < 1.29 is 14.3 Å². The van der Waals surface area contributed by atoms with Gasteiger partial charge in [-0.15, -0.1) is 0 Å². The molecule has 1 amide bonds. The molecule has 2 fully saturated rings. The zero-order chi connectivity index (χ0) is 19.6. The minimum Gasteiger partial charge on any atom is -0.455 e. The summed E-state index contributed by atoms with van der Waals surface area (Å²) in [7, 11) is 0. The topological polar surface area (TPSA) is 82.7 Å². The predicted molar refractivity (Wildman–Crippen MR) is 108 cm³/mol. The first-order valence-electron chi connectivity index (χ1n) is 9.64. The summed E-state index contributed by atoms with van der Waals surface area (Å²) in [6.45, 7) is 2.77. The summed E-state index contributed by atoms with van der Waals surface area (Å²) < 4.78 is 5.69. The summed E-state index contributed by atoms with van der Waals surface area (Å²) in [5, 5.41) is 10.5. The van der Waals surface area contributed by atoms with E-state index in [4.69, 9.17) is 4.42 Å². The van der Waals surface area contributed by atoms with Gasteiger partial charge in [-0.2, -0.15) is 11.8 Å². The number of carbonyl (C=O) groups is 1. The first kappa shape index (κ1) is 19.3. The molecule has 1 N–H and O–H groups in total. The molecule has 4 rings (SSSR count). The van der Waals surface area contributed by atoms with E-state index in [0.29, 0.717) is 25.4 Å². The number of rotatable bonds is 4. The number of aliphatic hydroxyl groups excluding tert-OH is 1. The molecule has 2 aliphatic rings. The van der Waals surface area contributed by atoms with Crippen LogP contribution in [0, 0.1) is 5.41 Å². The molecule has 150 valence electrons. The normalized spacial score (nSPS) is 21.9. The molecule has 2 aromatic rings. The van der Waals surface area contributed by atoms with Crippen LogP contribution in [0.15, 0.2) is 35.1 Å². The lowest BCUT2D eigenvalue weighted by Gasteiger charge is -2.49. The van der Waals surface area contributed by atoms with Crippen LogP contribution >= 0.6 is 11.8 Å². The summed E-state index contributed by atoms with van der Waals surface area (Å²) in [4.78, 5) is 25.3. The third-order valence-corrected chi connectivity index (χ3v) is 6.34. The van der Waals surface area contributed by atoms with E-state index >= 15 is 0 Å². The minimum absolute atomic E-state index is 0.000850. The monoisotopic (exact) mass is 402 g/mol. The number of hydrogen-bond acceptors (Lipinski definition) is 7. The van der Waals surface area contributed by atoms with Crippen molar-refractivity contribution >= 4 is 23.5 Å². The Balaban J connectivity index is 1.41. The summed E-state index contributed by atoms with van der Waals surface area (Å²) >= 11 is 1.67. The molecule has 1 atom stereocenters. The van der Waals surface area contributed by atoms with Crippen molar-refractivity contribution in [1.82, 2.24) is 14.9 Å². The van der Waals surface area contributed by atoms with E-state index in [0.717, 1.165) is 43.1 Å². The molecule has 28 heavy (non-hydrogen) atoms. The fourth-order valence-electron chi connectivity index (χ4n) is 4.40. The van der Waals surface area contributed by atoms with E-state index in [-0.39, 0.29) is 11.3 Å². The molecule has 2 aliphatic heterocycles. The Morgan fingerprint density at radius 3 is 2.89 bits per heavy atom. The van der Waals surface area contributed by atoms with Crippen LogP contribution in [0.5, 0.6) is 0 Å². The Bertz CT molecular complexity index is 805. The first-order chi connectivity index (χ1) is 13.6. The van der Waals surface area contributed by atoms with Crippen molar-refractivity contribution in [3.63, 3.8) is 0 Å². The highest BCUT2D eigenvalue weighted by Crippen LogP contribution is 2.41. The molecular weight excluding hydrogens is 376 g/mol. The molecule has 4 heterocycles. The van der Waals surface area contributed by atoms with Crippen LogP contribution in [0.25, 0.3) is 0 Å². The fraction of sp³-hybridized carbons (Fsp3) is 0.550. The molecule has 7 nitrogen and oxygen atoms in total. The number of β-amino-alcohol motifs (C(OH)–C–C–N with tert-alkyl or cyclic N) is 1. The smallest absolute Gasteiger partial charge is 0.289 e. The molecule has 8 heteroatoms. The predicted octanol–water partition coefficient (Wildman–Crippen LogP) is 2.43. The Morgan fingerprint density at radius 2 is 2.18 bits per heavy atom. The lowest BCUT2D eigenvalue weighted by molar-refractivity contribution is 0.0233. The number of aliphatic hydroxyl groups is 1. The van der Waals surface area contributed by atoms with Crippen molar-refractivity contribution in [2.45, 2.75) is 31.1 Å². The molecule has 2 saturated heterocycles. The van der Waals surface area contributed by atoms with E-state index in [1.54, 1.807) is 36.4 Å². The van der Waals surface area contributed by atoms with Crippen LogP contribution < -0.4 is 4.90 Å². The highest BCUT2D eigenvalue weighted by atomic mass is 32.2. The average molecular weight is 403 g/mol. The van der Waals surface area contributed by atoms with Crippen LogP contribution in [-0.2, 0) is 5.75 Å². The van der Waals surface area contributed by atoms with Gasteiger partial charge >= 0.3 is 0 Å². The lowest BCUT2D eigenvalue weighted by Crippen LogP contribution is -2.54. The van der Waals surface area contributed by atoms with Crippen molar-refractivity contribution in [2.24, 2.45) is 5.41 Å². The summed E-state index contributed by atoms with van der Waals surface area (Å²) in [6.07, 6.45) is 9.20. The van der Waals surface area contributed by atoms with Crippen molar-refractivity contribution in [3.05, 3.63) is 42.2 Å². The van der Waals surface area contributed by atoms with Crippen LogP contribution in [0.4, 0.5) is 5.82 Å². The van der Waals surface area contributed by atoms with Crippen LogP contribution in [0.3, 0.4) is 0 Å². The molecule has 2 aromatic heterocycles. The third-order valence-electron chi connectivity index (χ3n) is 5.77. The van der Waals surface area contributed by atoms with Gasteiger partial charge in [0, 0.05) is 38.6 Å². The number of furan rings is 1. The number of nitrogens with zero attached hydrogens (tertiary/aromatic N) is 4. The largest absolute Gasteiger partial charge is 0.455 e. The van der Waals surface area contributed by atoms with Crippen LogP contribution in [-0.4, -0.2) is 64.4 Å². The van der Waals surface area contributed by atoms with E-state index in [1.165, 1.54) is 0 Å². The zero-order valence-corrected chi connectivity index (χ0v) is 16.9. The maximum atomic E-state index is 12.8. The molecule has 0 bridgehead atoms. The summed E-state index contributed by atoms with van der Waals surface area (Å²) in [5.41, 5.74) is -0.000850. The Morgan fingerprint density at radius 1 is 1.36 bits per heavy atom. The zero-order valence-electron chi connectivity index (χ0n) is 16.1. The van der Waals surface area contributed by atoms with E-state index in [9.17, 15) is 9.90 Å². The molecular formula is C20H26N4O3S. The number of anilines is 1. The van der Waals surface area contributed by atoms with Crippen LogP contribution in [0.1, 0.15) is 35.6 Å². The number of likely N-dealkylation sites (tertiary alicyclic amines) is 1. The number of amides is 1. The van der Waals surface area contributed by atoms with Gasteiger partial charge in [-0.3, -0.25) is 9.78 Å². The second-order valence-electron chi connectivity index (χ2n) is 7.79. The van der Waals surface area contributed by atoms with Gasteiger partial charge in [0.25, 0.3) is 5.91 Å². The summed E-state index contributed by atoms with van der Waals surface area (Å²) in [6, 6.07) is 3.66.